The largest absolute Gasteiger partial charge is 0.476 e. The van der Waals surface area contributed by atoms with E-state index in [9.17, 15) is 21.6 Å². The van der Waals surface area contributed by atoms with Gasteiger partial charge in [-0.25, -0.2) is 16.8 Å². The molecule has 184 valence electrons. The zero-order chi connectivity index (χ0) is 25.4. The van der Waals surface area contributed by atoms with E-state index in [-0.39, 0.29) is 17.2 Å². The minimum Gasteiger partial charge on any atom is -0.476 e. The summed E-state index contributed by atoms with van der Waals surface area (Å²) >= 11 is 5.91. The number of nitrogens with zero attached hydrogens (tertiary/aromatic N) is 2. The molecule has 4 rings (SSSR count). The van der Waals surface area contributed by atoms with Crippen LogP contribution in [0, 0.1) is 0 Å². The van der Waals surface area contributed by atoms with E-state index in [4.69, 9.17) is 16.3 Å². The fourth-order valence-electron chi connectivity index (χ4n) is 3.49. The number of hydrogen-bond donors (Lipinski definition) is 1. The molecule has 0 saturated carbocycles. The molecule has 1 amide bonds. The molecule has 0 saturated heterocycles. The molecule has 1 atom stereocenters. The van der Waals surface area contributed by atoms with Crippen molar-refractivity contribution in [1.29, 1.82) is 0 Å². The van der Waals surface area contributed by atoms with Gasteiger partial charge in [0.2, 0.25) is 10.0 Å². The fourth-order valence-corrected chi connectivity index (χ4v) is 5.59. The van der Waals surface area contributed by atoms with Crippen LogP contribution in [0.15, 0.2) is 77.7 Å². The van der Waals surface area contributed by atoms with Gasteiger partial charge in [0.15, 0.2) is 6.10 Å². The second-order valence-electron chi connectivity index (χ2n) is 7.83. The van der Waals surface area contributed by atoms with Gasteiger partial charge in [-0.2, -0.15) is 0 Å². The average molecular weight is 536 g/mol. The number of benzene rings is 3. The Morgan fingerprint density at radius 2 is 1.71 bits per heavy atom. The molecule has 0 radical (unpaired) electrons. The Balaban J connectivity index is 1.62. The molecule has 0 aliphatic carbocycles. The van der Waals surface area contributed by atoms with Crippen molar-refractivity contribution in [3.63, 3.8) is 0 Å². The van der Waals surface area contributed by atoms with Crippen LogP contribution in [0.4, 0.5) is 17.1 Å². The highest BCUT2D eigenvalue weighted by Crippen LogP contribution is 2.37. The van der Waals surface area contributed by atoms with Crippen molar-refractivity contribution in [2.45, 2.75) is 11.0 Å². The van der Waals surface area contributed by atoms with Crippen LogP contribution in [0.3, 0.4) is 0 Å². The first-order chi connectivity index (χ1) is 16.5. The molecule has 3 aromatic rings. The predicted molar refractivity (Wildman–Crippen MR) is 135 cm³/mol. The fraction of sp³-hybridized carbons (Fsp3) is 0.174. The van der Waals surface area contributed by atoms with E-state index in [1.165, 1.54) is 37.4 Å². The normalized spacial score (nSPS) is 15.6. The molecule has 9 nitrogen and oxygen atoms in total. The summed E-state index contributed by atoms with van der Waals surface area (Å²) in [5.41, 5.74) is 0.994. The first-order valence-electron chi connectivity index (χ1n) is 10.4. The Morgan fingerprint density at radius 3 is 2.40 bits per heavy atom. The zero-order valence-electron chi connectivity index (χ0n) is 18.8. The van der Waals surface area contributed by atoms with Gasteiger partial charge >= 0.3 is 0 Å². The summed E-state index contributed by atoms with van der Waals surface area (Å²) in [4.78, 5) is 13.1. The van der Waals surface area contributed by atoms with E-state index in [1.54, 1.807) is 42.5 Å². The molecule has 12 heteroatoms. The molecular formula is C23H22ClN3O6S2. The summed E-state index contributed by atoms with van der Waals surface area (Å²) in [5, 5.41) is 3.08. The number of carbonyl (C=O) groups is 1. The summed E-state index contributed by atoms with van der Waals surface area (Å²) in [6.45, 7) is -0.267. The first kappa shape index (κ1) is 24.8. The van der Waals surface area contributed by atoms with Gasteiger partial charge in [-0.05, 0) is 54.6 Å². The maximum Gasteiger partial charge on any atom is 0.267 e. The van der Waals surface area contributed by atoms with Crippen LogP contribution in [-0.2, 0) is 24.8 Å². The molecule has 35 heavy (non-hydrogen) atoms. The molecule has 1 heterocycles. The number of sulfonamides is 2. The highest BCUT2D eigenvalue weighted by Gasteiger charge is 2.37. The second kappa shape index (κ2) is 9.40. The van der Waals surface area contributed by atoms with Gasteiger partial charge in [0.05, 0.1) is 29.1 Å². The highest BCUT2D eigenvalue weighted by molar-refractivity contribution is 7.93. The van der Waals surface area contributed by atoms with Crippen molar-refractivity contribution in [3.05, 3.63) is 77.8 Å². The monoisotopic (exact) mass is 535 g/mol. The smallest absolute Gasteiger partial charge is 0.267 e. The number of rotatable bonds is 6. The molecule has 3 aromatic carbocycles. The van der Waals surface area contributed by atoms with Gasteiger partial charge in [-0.1, -0.05) is 29.8 Å². The van der Waals surface area contributed by atoms with E-state index in [1.807, 2.05) is 0 Å². The lowest BCUT2D eigenvalue weighted by atomic mass is 10.2. The number of nitrogens with one attached hydrogen (secondary N) is 1. The topological polar surface area (TPSA) is 113 Å². The first-order valence-corrected chi connectivity index (χ1v) is 14.0. The molecule has 1 N–H and O–H groups in total. The van der Waals surface area contributed by atoms with E-state index >= 15 is 0 Å². The number of para-hydroxylation sites is 2. The highest BCUT2D eigenvalue weighted by atomic mass is 35.5. The van der Waals surface area contributed by atoms with Crippen molar-refractivity contribution in [2.75, 3.05) is 33.8 Å². The van der Waals surface area contributed by atoms with Crippen LogP contribution < -0.4 is 18.7 Å². The summed E-state index contributed by atoms with van der Waals surface area (Å²) in [6.07, 6.45) is -0.0929. The molecular weight excluding hydrogens is 514 g/mol. The van der Waals surface area contributed by atoms with Crippen molar-refractivity contribution >= 4 is 54.6 Å². The van der Waals surface area contributed by atoms with Crippen LogP contribution in [0.5, 0.6) is 5.75 Å². The Bertz CT molecular complexity index is 1480. The number of anilines is 3. The van der Waals surface area contributed by atoms with Gasteiger partial charge < -0.3 is 10.1 Å². The van der Waals surface area contributed by atoms with Crippen LogP contribution in [0.1, 0.15) is 0 Å². The van der Waals surface area contributed by atoms with Crippen LogP contribution in [-0.4, -0.2) is 48.7 Å². The molecule has 0 fully saturated rings. The maximum absolute atomic E-state index is 13.4. The Kier molecular flexibility index (Phi) is 6.67. The predicted octanol–water partition coefficient (Wildman–Crippen LogP) is 3.33. The Labute approximate surface area is 209 Å². The standard InChI is InChI=1S/C23H22ClN3O6S2/c1-26(34(2,29)30)18-7-5-6-17(14-18)25-23(28)22-15-27(20-8-3-4-9-21(20)33-22)35(31,32)19-12-10-16(24)11-13-19/h3-14,22H,15H2,1-2H3,(H,25,28)/t22-/m0/s1. The molecule has 0 aromatic heterocycles. The van der Waals surface area contributed by atoms with Crippen molar-refractivity contribution in [1.82, 2.24) is 0 Å². The van der Waals surface area contributed by atoms with E-state index in [0.29, 0.717) is 22.1 Å². The molecule has 0 unspecified atom stereocenters. The quantitative estimate of drug-likeness (QED) is 0.518. The van der Waals surface area contributed by atoms with Crippen molar-refractivity contribution in [2.24, 2.45) is 0 Å². The minimum absolute atomic E-state index is 0.0225. The second-order valence-corrected chi connectivity index (χ2v) is 12.1. The lowest BCUT2D eigenvalue weighted by Gasteiger charge is -2.34. The van der Waals surface area contributed by atoms with Gasteiger partial charge in [-0.3, -0.25) is 13.4 Å². The summed E-state index contributed by atoms with van der Waals surface area (Å²) in [6, 6.07) is 18.6. The van der Waals surface area contributed by atoms with E-state index < -0.39 is 32.1 Å². The maximum atomic E-state index is 13.4. The number of ether oxygens (including phenoxy) is 1. The number of carbonyl (C=O) groups excluding carboxylic acids is 1. The number of halogens is 1. The van der Waals surface area contributed by atoms with E-state index in [0.717, 1.165) is 14.9 Å². The number of hydrogen-bond acceptors (Lipinski definition) is 6. The van der Waals surface area contributed by atoms with E-state index in [2.05, 4.69) is 5.32 Å². The van der Waals surface area contributed by atoms with Gasteiger partial charge in [0.1, 0.15) is 5.75 Å². The van der Waals surface area contributed by atoms with Gasteiger partial charge in [-0.15, -0.1) is 0 Å². The number of amides is 1. The molecule has 0 bridgehead atoms. The lowest BCUT2D eigenvalue weighted by Crippen LogP contribution is -2.48. The third kappa shape index (κ3) is 5.21. The summed E-state index contributed by atoms with van der Waals surface area (Å²) in [7, 11) is -6.12. The third-order valence-electron chi connectivity index (χ3n) is 5.40. The average Bonchev–Trinajstić information content (AvgIpc) is 2.82. The molecule has 0 spiro atoms. The number of fused-ring (bicyclic) bond motifs is 1. The van der Waals surface area contributed by atoms with Crippen molar-refractivity contribution < 1.29 is 26.4 Å². The Morgan fingerprint density at radius 1 is 1.03 bits per heavy atom. The minimum atomic E-state index is -4.02. The Hall–Kier alpha value is -3.28. The SMILES string of the molecule is CN(c1cccc(NC(=O)[C@@H]2CN(S(=O)(=O)c3ccc(Cl)cc3)c3ccccc3O2)c1)S(C)(=O)=O. The summed E-state index contributed by atoms with van der Waals surface area (Å²) < 4.78 is 58.6. The molecule has 1 aliphatic rings. The molecule has 1 aliphatic heterocycles. The van der Waals surface area contributed by atoms with Gasteiger partial charge in [0.25, 0.3) is 15.9 Å². The third-order valence-corrected chi connectivity index (χ3v) is 8.66. The van der Waals surface area contributed by atoms with Crippen molar-refractivity contribution in [3.8, 4) is 5.75 Å². The zero-order valence-corrected chi connectivity index (χ0v) is 21.1. The summed E-state index contributed by atoms with van der Waals surface area (Å²) in [5.74, 6) is -0.350. The van der Waals surface area contributed by atoms with Crippen LogP contribution in [0.2, 0.25) is 5.02 Å². The van der Waals surface area contributed by atoms with Gasteiger partial charge in [0, 0.05) is 17.8 Å². The van der Waals surface area contributed by atoms with Crippen LogP contribution in [0.25, 0.3) is 0 Å². The van der Waals surface area contributed by atoms with Crippen LogP contribution >= 0.6 is 11.6 Å². The lowest BCUT2D eigenvalue weighted by molar-refractivity contribution is -0.122.